The lowest BCUT2D eigenvalue weighted by atomic mass is 9.88. The van der Waals surface area contributed by atoms with Crippen molar-refractivity contribution in [1.82, 2.24) is 18.9 Å². The van der Waals surface area contributed by atoms with E-state index in [1.165, 1.54) is 32.5 Å². The van der Waals surface area contributed by atoms with Crippen LogP contribution in [0.4, 0.5) is 0 Å². The van der Waals surface area contributed by atoms with Crippen molar-refractivity contribution >= 4 is 70.5 Å². The Morgan fingerprint density at radius 1 is 0.491 bits per heavy atom. The topological polar surface area (TPSA) is 44.3 Å². The Bertz CT molecular complexity index is 3440. The van der Waals surface area contributed by atoms with Crippen molar-refractivity contribution in [3.8, 4) is 28.7 Å². The van der Waals surface area contributed by atoms with Gasteiger partial charge in [-0.1, -0.05) is 130 Å². The van der Waals surface area contributed by atoms with Crippen molar-refractivity contribution in [2.75, 3.05) is 0 Å². The Labute approximate surface area is 329 Å². The third-order valence-electron chi connectivity index (χ3n) is 11.4. The first kappa shape index (κ1) is 33.1. The molecule has 0 fully saturated rings. The van der Waals surface area contributed by atoms with Crippen LogP contribution in [0.25, 0.3) is 87.7 Å². The monoisotopic (exact) mass is 734 g/mol. The summed E-state index contributed by atoms with van der Waals surface area (Å²) in [5.41, 5.74) is 6.38. The summed E-state index contributed by atoms with van der Waals surface area (Å²) in [6.07, 6.45) is 4.04. The highest BCUT2D eigenvalue weighted by molar-refractivity contribution is 6.25. The third-order valence-corrected chi connectivity index (χ3v) is 11.4. The van der Waals surface area contributed by atoms with Crippen LogP contribution in [0.1, 0.15) is 26.3 Å². The number of para-hydroxylation sites is 1. The molecule has 0 radical (unpaired) electrons. The second kappa shape index (κ2) is 12.7. The first-order valence-corrected chi connectivity index (χ1v) is 19.5. The fraction of sp³-hybridized carbons (Fsp3) is 0.0769. The average Bonchev–Trinajstić information content (AvgIpc) is 3.80. The van der Waals surface area contributed by atoms with E-state index in [4.69, 9.17) is 14.7 Å². The van der Waals surface area contributed by atoms with Gasteiger partial charge in [-0.3, -0.25) is 8.97 Å². The summed E-state index contributed by atoms with van der Waals surface area (Å²) in [5.74, 6) is 3.23. The van der Waals surface area contributed by atoms with Crippen molar-refractivity contribution in [2.24, 2.45) is 0 Å². The Balaban J connectivity index is 1.09. The largest absolute Gasteiger partial charge is 0.457 e. The van der Waals surface area contributed by atoms with Crippen LogP contribution in [-0.2, 0) is 5.41 Å². The van der Waals surface area contributed by atoms with Gasteiger partial charge in [-0.25, -0.2) is 9.97 Å². The number of rotatable bonds is 4. The molecule has 0 spiro atoms. The molecule has 0 aliphatic rings. The minimum Gasteiger partial charge on any atom is -0.457 e. The van der Waals surface area contributed by atoms with Crippen LogP contribution in [0.15, 0.2) is 176 Å². The highest BCUT2D eigenvalue weighted by atomic mass is 16.5. The molecule has 0 aliphatic heterocycles. The SMILES string of the molecule is CC(C)(C)c1ccnc(-n2c3ccccc3c3ccc(Oc4cccc(-c5nc6c7ccccc7c7ccccc7c7ccccc7c7cccn5c76)c4)cc32)c1. The number of hydrogen-bond acceptors (Lipinski definition) is 3. The minimum absolute atomic E-state index is 0.00691. The van der Waals surface area contributed by atoms with E-state index in [2.05, 4.69) is 194 Å². The molecule has 0 N–H and O–H groups in total. The molecule has 0 saturated carbocycles. The Morgan fingerprint density at radius 2 is 1.09 bits per heavy atom. The average molecular weight is 735 g/mol. The summed E-state index contributed by atoms with van der Waals surface area (Å²) in [7, 11) is 0. The molecule has 0 unspecified atom stereocenters. The summed E-state index contributed by atoms with van der Waals surface area (Å²) in [4.78, 5) is 10.4. The van der Waals surface area contributed by atoms with Crippen LogP contribution in [-0.4, -0.2) is 18.9 Å². The van der Waals surface area contributed by atoms with Gasteiger partial charge in [0.15, 0.2) is 0 Å². The second-order valence-electron chi connectivity index (χ2n) is 15.9. The van der Waals surface area contributed by atoms with E-state index in [1.54, 1.807) is 0 Å². The molecule has 0 atom stereocenters. The minimum atomic E-state index is -0.00691. The van der Waals surface area contributed by atoms with Gasteiger partial charge in [0, 0.05) is 45.6 Å². The molecule has 5 heteroatoms. The van der Waals surface area contributed by atoms with Crippen LogP contribution >= 0.6 is 0 Å². The lowest BCUT2D eigenvalue weighted by Gasteiger charge is -2.20. The van der Waals surface area contributed by atoms with Gasteiger partial charge in [-0.2, -0.15) is 0 Å². The van der Waals surface area contributed by atoms with Gasteiger partial charge in [0.1, 0.15) is 23.1 Å². The van der Waals surface area contributed by atoms with Gasteiger partial charge in [0.2, 0.25) is 0 Å². The van der Waals surface area contributed by atoms with Crippen molar-refractivity contribution in [3.05, 3.63) is 182 Å². The normalized spacial score (nSPS) is 12.1. The van der Waals surface area contributed by atoms with Gasteiger partial charge in [0.25, 0.3) is 0 Å². The van der Waals surface area contributed by atoms with Gasteiger partial charge in [-0.05, 0) is 86.4 Å². The molecule has 0 amide bonds. The van der Waals surface area contributed by atoms with Crippen LogP contribution in [0.5, 0.6) is 11.5 Å². The molecule has 11 rings (SSSR count). The fourth-order valence-electron chi connectivity index (χ4n) is 8.68. The van der Waals surface area contributed by atoms with Gasteiger partial charge < -0.3 is 4.74 Å². The zero-order valence-corrected chi connectivity index (χ0v) is 31.9. The summed E-state index contributed by atoms with van der Waals surface area (Å²) >= 11 is 0. The maximum absolute atomic E-state index is 6.72. The highest BCUT2D eigenvalue weighted by Crippen LogP contribution is 2.39. The van der Waals surface area contributed by atoms with Crippen LogP contribution < -0.4 is 4.74 Å². The molecule has 0 bridgehead atoms. The van der Waals surface area contributed by atoms with E-state index >= 15 is 0 Å². The molecule has 4 aromatic heterocycles. The lowest BCUT2D eigenvalue weighted by Crippen LogP contribution is -2.12. The van der Waals surface area contributed by atoms with E-state index in [-0.39, 0.29) is 5.41 Å². The molecule has 0 saturated heterocycles. The van der Waals surface area contributed by atoms with E-state index in [1.807, 2.05) is 12.3 Å². The quantitative estimate of drug-likeness (QED) is 0.181. The number of ether oxygens (including phenoxy) is 1. The number of nitrogens with zero attached hydrogens (tertiary/aromatic N) is 4. The Morgan fingerprint density at radius 3 is 1.81 bits per heavy atom. The molecule has 7 aromatic carbocycles. The number of benzene rings is 6. The third kappa shape index (κ3) is 5.31. The predicted octanol–water partition coefficient (Wildman–Crippen LogP) is 13.8. The molecular weight excluding hydrogens is 697 g/mol. The smallest absolute Gasteiger partial charge is 0.145 e. The van der Waals surface area contributed by atoms with Gasteiger partial charge in [-0.15, -0.1) is 0 Å². The van der Waals surface area contributed by atoms with E-state index in [0.29, 0.717) is 0 Å². The Hall–Kier alpha value is -7.24. The number of aromatic nitrogens is 4. The Kier molecular flexibility index (Phi) is 7.35. The zero-order valence-electron chi connectivity index (χ0n) is 31.9. The fourth-order valence-corrected chi connectivity index (χ4v) is 8.68. The number of pyridine rings is 2. The maximum atomic E-state index is 6.72. The van der Waals surface area contributed by atoms with Crippen molar-refractivity contribution < 1.29 is 4.74 Å². The van der Waals surface area contributed by atoms with Gasteiger partial charge in [0.05, 0.1) is 22.1 Å². The number of imidazole rings is 1. The second-order valence-corrected chi connectivity index (χ2v) is 15.9. The first-order valence-electron chi connectivity index (χ1n) is 19.5. The van der Waals surface area contributed by atoms with Crippen molar-refractivity contribution in [1.29, 1.82) is 0 Å². The summed E-state index contributed by atoms with van der Waals surface area (Å²) in [5, 5.41) is 10.5. The molecular formula is C52H38N4O. The summed E-state index contributed by atoms with van der Waals surface area (Å²) < 4.78 is 11.2. The predicted molar refractivity (Wildman–Crippen MR) is 237 cm³/mol. The molecule has 5 nitrogen and oxygen atoms in total. The molecule has 272 valence electrons. The summed E-state index contributed by atoms with van der Waals surface area (Å²) in [6, 6.07) is 57.9. The molecule has 11 aromatic rings. The number of fused-ring (bicyclic) bond motifs is 10. The standard InChI is InChI=1S/C52H38N4O/c1-52(2,3)34-27-28-53-48(31-34)56-46-24-11-10-21-42(46)43-26-25-36(32-47(43)56)57-35-15-12-14-33(30-35)51-54-49-44-22-9-8-19-40(44)38-17-5-4-16-37(38)39-18-6-7-20-41(39)45-23-13-29-55(51)50(45)49/h4-32H,1-3H3. The van der Waals surface area contributed by atoms with Gasteiger partial charge >= 0.3 is 0 Å². The van der Waals surface area contributed by atoms with Crippen molar-refractivity contribution in [2.45, 2.75) is 26.2 Å². The lowest BCUT2D eigenvalue weighted by molar-refractivity contribution is 0.483. The first-order chi connectivity index (χ1) is 27.9. The molecule has 4 heterocycles. The van der Waals surface area contributed by atoms with E-state index in [0.717, 1.165) is 72.3 Å². The van der Waals surface area contributed by atoms with Crippen LogP contribution in [0.2, 0.25) is 0 Å². The van der Waals surface area contributed by atoms with Crippen LogP contribution in [0.3, 0.4) is 0 Å². The maximum Gasteiger partial charge on any atom is 0.145 e. The van der Waals surface area contributed by atoms with Crippen LogP contribution in [0, 0.1) is 0 Å². The number of hydrogen-bond donors (Lipinski definition) is 0. The highest BCUT2D eigenvalue weighted by Gasteiger charge is 2.20. The van der Waals surface area contributed by atoms with Crippen molar-refractivity contribution in [3.63, 3.8) is 0 Å². The zero-order chi connectivity index (χ0) is 38.3. The van der Waals surface area contributed by atoms with E-state index < -0.39 is 0 Å². The van der Waals surface area contributed by atoms with E-state index in [9.17, 15) is 0 Å². The molecule has 0 aliphatic carbocycles. The summed E-state index contributed by atoms with van der Waals surface area (Å²) in [6.45, 7) is 6.70. The molecule has 57 heavy (non-hydrogen) atoms.